The molecule has 0 saturated carbocycles. The normalized spacial score (nSPS) is 10.2. The molecule has 2 aromatic rings. The van der Waals surface area contributed by atoms with Gasteiger partial charge in [0.25, 0.3) is 0 Å². The third-order valence-electron chi connectivity index (χ3n) is 2.55. The molecule has 0 aliphatic heterocycles. The maximum atomic E-state index is 12.0. The molecule has 0 unspecified atom stereocenters. The van der Waals surface area contributed by atoms with Gasteiger partial charge in [-0.3, -0.25) is 10.1 Å². The predicted octanol–water partition coefficient (Wildman–Crippen LogP) is 3.82. The van der Waals surface area contributed by atoms with Crippen molar-refractivity contribution in [3.8, 4) is 5.75 Å². The molecule has 0 amide bonds. The van der Waals surface area contributed by atoms with Gasteiger partial charge < -0.3 is 4.74 Å². The van der Waals surface area contributed by atoms with Gasteiger partial charge in [-0.05, 0) is 24.6 Å². The first-order valence-corrected chi connectivity index (χ1v) is 6.42. The monoisotopic (exact) mass is 326 g/mol. The Bertz CT molecular complexity index is 734. The zero-order chi connectivity index (χ0) is 15.6. The highest BCUT2D eigenvalue weighted by Gasteiger charge is 2.19. The average molecular weight is 327 g/mol. The molecule has 0 aliphatic rings. The standard InChI is InChI=1S/C13H8Cl2N2O4/c1-7-2-3-10(17(19)20)11(4-7)21-13(18)8-5-9(14)12(15)16-6-8/h2-6H,1H3. The van der Waals surface area contributed by atoms with Crippen molar-refractivity contribution in [2.45, 2.75) is 6.92 Å². The molecular formula is C13H8Cl2N2O4. The molecule has 0 saturated heterocycles. The van der Waals surface area contributed by atoms with E-state index in [0.29, 0.717) is 0 Å². The number of hydrogen-bond donors (Lipinski definition) is 0. The van der Waals surface area contributed by atoms with Crippen LogP contribution in [-0.2, 0) is 0 Å². The van der Waals surface area contributed by atoms with Gasteiger partial charge in [0.1, 0.15) is 5.15 Å². The summed E-state index contributed by atoms with van der Waals surface area (Å²) >= 11 is 11.4. The Morgan fingerprint density at radius 2 is 2.05 bits per heavy atom. The highest BCUT2D eigenvalue weighted by atomic mass is 35.5. The highest BCUT2D eigenvalue weighted by Crippen LogP contribution is 2.29. The first kappa shape index (κ1) is 15.2. The molecule has 108 valence electrons. The Labute approximate surface area is 129 Å². The van der Waals surface area contributed by atoms with E-state index in [1.54, 1.807) is 13.0 Å². The van der Waals surface area contributed by atoms with E-state index in [0.717, 1.165) is 5.56 Å². The lowest BCUT2D eigenvalue weighted by Gasteiger charge is -2.06. The molecule has 0 bridgehead atoms. The van der Waals surface area contributed by atoms with Gasteiger partial charge in [0.05, 0.1) is 15.5 Å². The van der Waals surface area contributed by atoms with Crippen molar-refractivity contribution in [3.63, 3.8) is 0 Å². The second-order valence-electron chi connectivity index (χ2n) is 4.11. The maximum absolute atomic E-state index is 12.0. The van der Waals surface area contributed by atoms with Gasteiger partial charge in [-0.15, -0.1) is 0 Å². The Balaban J connectivity index is 2.33. The van der Waals surface area contributed by atoms with E-state index in [9.17, 15) is 14.9 Å². The number of nitro groups is 1. The summed E-state index contributed by atoms with van der Waals surface area (Å²) in [5.74, 6) is -0.953. The Morgan fingerprint density at radius 3 is 2.67 bits per heavy atom. The van der Waals surface area contributed by atoms with Gasteiger partial charge in [-0.1, -0.05) is 29.3 Å². The summed E-state index contributed by atoms with van der Waals surface area (Å²) in [5.41, 5.74) is 0.456. The Hall–Kier alpha value is -2.18. The first-order valence-electron chi connectivity index (χ1n) is 5.66. The number of carbonyl (C=O) groups is 1. The van der Waals surface area contributed by atoms with E-state index in [4.69, 9.17) is 27.9 Å². The predicted molar refractivity (Wildman–Crippen MR) is 77.0 cm³/mol. The molecule has 0 spiro atoms. The number of hydrogen-bond acceptors (Lipinski definition) is 5. The number of nitrogens with zero attached hydrogens (tertiary/aromatic N) is 2. The molecule has 6 nitrogen and oxygen atoms in total. The second-order valence-corrected chi connectivity index (χ2v) is 4.88. The molecule has 8 heteroatoms. The summed E-state index contributed by atoms with van der Waals surface area (Å²) in [6.45, 7) is 1.72. The molecule has 0 atom stereocenters. The maximum Gasteiger partial charge on any atom is 0.345 e. The van der Waals surface area contributed by atoms with Gasteiger partial charge in [-0.2, -0.15) is 0 Å². The minimum Gasteiger partial charge on any atom is -0.415 e. The second kappa shape index (κ2) is 6.07. The van der Waals surface area contributed by atoms with Crippen LogP contribution >= 0.6 is 23.2 Å². The van der Waals surface area contributed by atoms with Crippen molar-refractivity contribution in [2.24, 2.45) is 0 Å². The molecule has 0 radical (unpaired) electrons. The Kier molecular flexibility index (Phi) is 4.40. The number of carbonyl (C=O) groups excluding carboxylic acids is 1. The number of ether oxygens (including phenoxy) is 1. The number of aryl methyl sites for hydroxylation is 1. The van der Waals surface area contributed by atoms with Gasteiger partial charge in [0.15, 0.2) is 0 Å². The molecule has 0 fully saturated rings. The minimum atomic E-state index is -0.810. The molecule has 1 aromatic carbocycles. The lowest BCUT2D eigenvalue weighted by molar-refractivity contribution is -0.385. The summed E-state index contributed by atoms with van der Waals surface area (Å²) in [6.07, 6.45) is 1.18. The fraction of sp³-hybridized carbons (Fsp3) is 0.0769. The van der Waals surface area contributed by atoms with Crippen LogP contribution in [0.4, 0.5) is 5.69 Å². The number of benzene rings is 1. The van der Waals surface area contributed by atoms with E-state index in [2.05, 4.69) is 4.98 Å². The van der Waals surface area contributed by atoms with E-state index in [1.165, 1.54) is 24.4 Å². The summed E-state index contributed by atoms with van der Waals surface area (Å²) in [7, 11) is 0. The van der Waals surface area contributed by atoms with Crippen LogP contribution in [0, 0.1) is 17.0 Å². The molecule has 1 heterocycles. The van der Waals surface area contributed by atoms with Crippen LogP contribution in [0.3, 0.4) is 0 Å². The highest BCUT2D eigenvalue weighted by molar-refractivity contribution is 6.41. The first-order chi connectivity index (χ1) is 9.88. The van der Waals surface area contributed by atoms with Crippen LogP contribution in [0.5, 0.6) is 5.75 Å². The number of esters is 1. The van der Waals surface area contributed by atoms with Crippen LogP contribution in [-0.4, -0.2) is 15.9 Å². The fourth-order valence-corrected chi connectivity index (χ4v) is 1.82. The zero-order valence-electron chi connectivity index (χ0n) is 10.7. The third kappa shape index (κ3) is 3.48. The molecular weight excluding hydrogens is 319 g/mol. The van der Waals surface area contributed by atoms with Crippen LogP contribution in [0.1, 0.15) is 15.9 Å². The summed E-state index contributed by atoms with van der Waals surface area (Å²) in [4.78, 5) is 26.0. The fourth-order valence-electron chi connectivity index (χ4n) is 1.55. The van der Waals surface area contributed by atoms with Crippen molar-refractivity contribution >= 4 is 34.9 Å². The zero-order valence-corrected chi connectivity index (χ0v) is 12.2. The lowest BCUT2D eigenvalue weighted by atomic mass is 10.2. The number of nitro benzene ring substituents is 1. The summed E-state index contributed by atoms with van der Waals surface area (Å²) in [6, 6.07) is 5.50. The van der Waals surface area contributed by atoms with Crippen LogP contribution in [0.2, 0.25) is 10.2 Å². The smallest absolute Gasteiger partial charge is 0.345 e. The van der Waals surface area contributed by atoms with Crippen molar-refractivity contribution in [3.05, 3.63) is 61.9 Å². The van der Waals surface area contributed by atoms with E-state index in [-0.39, 0.29) is 27.2 Å². The summed E-state index contributed by atoms with van der Waals surface area (Å²) in [5, 5.41) is 11.1. The largest absolute Gasteiger partial charge is 0.415 e. The quantitative estimate of drug-likeness (QED) is 0.281. The number of pyridine rings is 1. The molecule has 0 aliphatic carbocycles. The van der Waals surface area contributed by atoms with Crippen molar-refractivity contribution in [1.82, 2.24) is 4.98 Å². The van der Waals surface area contributed by atoms with Crippen LogP contribution in [0.25, 0.3) is 0 Å². The lowest BCUT2D eigenvalue weighted by Crippen LogP contribution is -2.10. The van der Waals surface area contributed by atoms with E-state index < -0.39 is 10.9 Å². The number of rotatable bonds is 3. The SMILES string of the molecule is Cc1ccc([N+](=O)[O-])c(OC(=O)c2cnc(Cl)c(Cl)c2)c1. The molecule has 21 heavy (non-hydrogen) atoms. The van der Waals surface area contributed by atoms with Gasteiger partial charge in [0, 0.05) is 12.3 Å². The molecule has 1 aromatic heterocycles. The van der Waals surface area contributed by atoms with Gasteiger partial charge >= 0.3 is 11.7 Å². The summed E-state index contributed by atoms with van der Waals surface area (Å²) < 4.78 is 5.05. The van der Waals surface area contributed by atoms with Crippen molar-refractivity contribution in [1.29, 1.82) is 0 Å². The van der Waals surface area contributed by atoms with Crippen molar-refractivity contribution in [2.75, 3.05) is 0 Å². The molecule has 2 rings (SSSR count). The van der Waals surface area contributed by atoms with Gasteiger partial charge in [0.2, 0.25) is 5.75 Å². The average Bonchev–Trinajstić information content (AvgIpc) is 2.41. The van der Waals surface area contributed by atoms with Gasteiger partial charge in [-0.25, -0.2) is 9.78 Å². The van der Waals surface area contributed by atoms with E-state index in [1.807, 2.05) is 0 Å². The topological polar surface area (TPSA) is 82.3 Å². The van der Waals surface area contributed by atoms with Crippen molar-refractivity contribution < 1.29 is 14.5 Å². The van der Waals surface area contributed by atoms with E-state index >= 15 is 0 Å². The van der Waals surface area contributed by atoms with Crippen LogP contribution < -0.4 is 4.74 Å². The molecule has 0 N–H and O–H groups in total. The Morgan fingerprint density at radius 1 is 1.33 bits per heavy atom. The number of aromatic nitrogens is 1. The van der Waals surface area contributed by atoms with Crippen LogP contribution in [0.15, 0.2) is 30.5 Å². The number of halogens is 2. The minimum absolute atomic E-state index is 0.0419. The third-order valence-corrected chi connectivity index (χ3v) is 3.23.